The van der Waals surface area contributed by atoms with E-state index < -0.39 is 0 Å². The van der Waals surface area contributed by atoms with Crippen molar-refractivity contribution >= 4 is 11.7 Å². The van der Waals surface area contributed by atoms with Crippen LogP contribution in [0.2, 0.25) is 0 Å². The number of hydrogen-bond donors (Lipinski definition) is 2. The predicted molar refractivity (Wildman–Crippen MR) is 70.6 cm³/mol. The highest BCUT2D eigenvalue weighted by molar-refractivity contribution is 5.98. The van der Waals surface area contributed by atoms with E-state index in [4.69, 9.17) is 10.5 Å². The van der Waals surface area contributed by atoms with Crippen LogP contribution in [0.25, 0.3) is 0 Å². The third kappa shape index (κ3) is 3.19. The fraction of sp³-hybridized carbons (Fsp3) is 0.154. The minimum Gasteiger partial charge on any atom is -0.481 e. The molecule has 0 bridgehead atoms. The number of amides is 1. The molecule has 0 aliphatic carbocycles. The second-order valence-corrected chi connectivity index (χ2v) is 3.83. The zero-order valence-electron chi connectivity index (χ0n) is 10.5. The fourth-order valence-corrected chi connectivity index (χ4v) is 1.52. The van der Waals surface area contributed by atoms with Crippen molar-refractivity contribution in [3.05, 3.63) is 47.8 Å². The number of nitrogens with one attached hydrogen (secondary N) is 1. The van der Waals surface area contributed by atoms with E-state index in [1.165, 1.54) is 0 Å². The topological polar surface area (TPSA) is 90.1 Å². The van der Waals surface area contributed by atoms with Crippen LogP contribution >= 0.6 is 0 Å². The molecule has 0 unspecified atom stereocenters. The summed E-state index contributed by atoms with van der Waals surface area (Å²) in [4.78, 5) is 19.8. The highest BCUT2D eigenvalue weighted by Gasteiger charge is 2.09. The van der Waals surface area contributed by atoms with Crippen LogP contribution in [0.5, 0.6) is 5.88 Å². The summed E-state index contributed by atoms with van der Waals surface area (Å²) >= 11 is 0. The molecule has 1 amide bonds. The molecule has 0 atom stereocenters. The number of ether oxygens (including phenoxy) is 1. The number of nitrogen functional groups attached to an aromatic ring is 1. The quantitative estimate of drug-likeness (QED) is 0.853. The van der Waals surface area contributed by atoms with Crippen LogP contribution in [-0.4, -0.2) is 23.0 Å². The summed E-state index contributed by atoms with van der Waals surface area (Å²) < 4.78 is 4.96. The molecule has 0 fully saturated rings. The van der Waals surface area contributed by atoms with Crippen molar-refractivity contribution in [2.45, 2.75) is 6.54 Å². The van der Waals surface area contributed by atoms with Crippen molar-refractivity contribution in [1.29, 1.82) is 0 Å². The largest absolute Gasteiger partial charge is 0.481 e. The Kier molecular flexibility index (Phi) is 3.92. The standard InChI is InChI=1S/C13H14N4O2/c1-19-11-5-4-9(7-16-11)8-17-13(18)10-3-2-6-15-12(10)14/h2-7H,8H2,1H3,(H2,14,15)(H,17,18). The molecule has 2 aromatic heterocycles. The number of anilines is 1. The summed E-state index contributed by atoms with van der Waals surface area (Å²) in [5, 5.41) is 2.75. The third-order valence-electron chi connectivity index (χ3n) is 2.54. The van der Waals surface area contributed by atoms with Crippen molar-refractivity contribution in [1.82, 2.24) is 15.3 Å². The zero-order chi connectivity index (χ0) is 13.7. The Morgan fingerprint density at radius 2 is 2.21 bits per heavy atom. The molecule has 6 nitrogen and oxygen atoms in total. The molecule has 2 aromatic rings. The van der Waals surface area contributed by atoms with E-state index in [-0.39, 0.29) is 11.7 Å². The highest BCUT2D eigenvalue weighted by atomic mass is 16.5. The van der Waals surface area contributed by atoms with Gasteiger partial charge in [0.1, 0.15) is 5.82 Å². The molecule has 6 heteroatoms. The Morgan fingerprint density at radius 1 is 1.37 bits per heavy atom. The van der Waals surface area contributed by atoms with Crippen molar-refractivity contribution in [2.24, 2.45) is 0 Å². The Labute approximate surface area is 110 Å². The number of aromatic nitrogens is 2. The Hall–Kier alpha value is -2.63. The number of rotatable bonds is 4. The number of nitrogens with zero attached hydrogens (tertiary/aromatic N) is 2. The lowest BCUT2D eigenvalue weighted by Gasteiger charge is -2.07. The van der Waals surface area contributed by atoms with E-state index in [0.29, 0.717) is 18.0 Å². The fourth-order valence-electron chi connectivity index (χ4n) is 1.52. The van der Waals surface area contributed by atoms with Gasteiger partial charge in [-0.3, -0.25) is 4.79 Å². The van der Waals surface area contributed by atoms with Crippen LogP contribution in [-0.2, 0) is 6.54 Å². The van der Waals surface area contributed by atoms with Crippen molar-refractivity contribution in [3.8, 4) is 5.88 Å². The summed E-state index contributed by atoms with van der Waals surface area (Å²) in [6.45, 7) is 0.365. The first-order valence-corrected chi connectivity index (χ1v) is 5.68. The third-order valence-corrected chi connectivity index (χ3v) is 2.54. The number of methoxy groups -OCH3 is 1. The maximum atomic E-state index is 11.9. The SMILES string of the molecule is COc1ccc(CNC(=O)c2cccnc2N)cn1. The Morgan fingerprint density at radius 3 is 2.84 bits per heavy atom. The maximum Gasteiger partial charge on any atom is 0.255 e. The molecule has 0 radical (unpaired) electrons. The number of nitrogens with two attached hydrogens (primary N) is 1. The number of hydrogen-bond acceptors (Lipinski definition) is 5. The van der Waals surface area contributed by atoms with Gasteiger partial charge in [-0.15, -0.1) is 0 Å². The average Bonchev–Trinajstić information content (AvgIpc) is 2.46. The minimum atomic E-state index is -0.263. The van der Waals surface area contributed by atoms with Gasteiger partial charge >= 0.3 is 0 Å². The van der Waals surface area contributed by atoms with E-state index in [9.17, 15) is 4.79 Å². The van der Waals surface area contributed by atoms with Gasteiger partial charge in [-0.1, -0.05) is 6.07 Å². The first-order chi connectivity index (χ1) is 9.20. The summed E-state index contributed by atoms with van der Waals surface area (Å²) in [5.74, 6) is 0.487. The van der Waals surface area contributed by atoms with Crippen LogP contribution in [0.15, 0.2) is 36.7 Å². The van der Waals surface area contributed by atoms with Crippen molar-refractivity contribution in [2.75, 3.05) is 12.8 Å². The lowest BCUT2D eigenvalue weighted by molar-refractivity contribution is 0.0951. The number of carbonyl (C=O) groups excluding carboxylic acids is 1. The van der Waals surface area contributed by atoms with Crippen LogP contribution in [0.4, 0.5) is 5.82 Å². The van der Waals surface area contributed by atoms with Gasteiger partial charge in [0.05, 0.1) is 12.7 Å². The van der Waals surface area contributed by atoms with Crippen molar-refractivity contribution in [3.63, 3.8) is 0 Å². The smallest absolute Gasteiger partial charge is 0.255 e. The monoisotopic (exact) mass is 258 g/mol. The van der Waals surface area contributed by atoms with Gasteiger partial charge in [-0.25, -0.2) is 9.97 Å². The number of pyridine rings is 2. The molecule has 0 saturated carbocycles. The Bertz CT molecular complexity index is 569. The molecular weight excluding hydrogens is 244 g/mol. The van der Waals surface area contributed by atoms with Crippen LogP contribution in [0, 0.1) is 0 Å². The summed E-state index contributed by atoms with van der Waals surface area (Å²) in [5.41, 5.74) is 6.86. The van der Waals surface area contributed by atoms with E-state index >= 15 is 0 Å². The van der Waals surface area contributed by atoms with Gasteiger partial charge in [-0.2, -0.15) is 0 Å². The first kappa shape index (κ1) is 12.8. The van der Waals surface area contributed by atoms with Gasteiger partial charge in [0.25, 0.3) is 5.91 Å². The van der Waals surface area contributed by atoms with Gasteiger partial charge < -0.3 is 15.8 Å². The maximum absolute atomic E-state index is 11.9. The minimum absolute atomic E-state index is 0.216. The van der Waals surface area contributed by atoms with Gasteiger partial charge in [0.2, 0.25) is 5.88 Å². The van der Waals surface area contributed by atoms with Crippen LogP contribution in [0.1, 0.15) is 15.9 Å². The molecule has 19 heavy (non-hydrogen) atoms. The molecule has 0 spiro atoms. The molecule has 2 heterocycles. The molecule has 0 saturated heterocycles. The second-order valence-electron chi connectivity index (χ2n) is 3.83. The van der Waals surface area contributed by atoms with Gasteiger partial charge in [0, 0.05) is 25.0 Å². The molecule has 2 rings (SSSR count). The summed E-state index contributed by atoms with van der Waals surface area (Å²) in [7, 11) is 1.55. The molecular formula is C13H14N4O2. The van der Waals surface area contributed by atoms with E-state index in [0.717, 1.165) is 5.56 Å². The van der Waals surface area contributed by atoms with E-state index in [1.54, 1.807) is 37.7 Å². The summed E-state index contributed by atoms with van der Waals surface area (Å²) in [6.07, 6.45) is 3.19. The van der Waals surface area contributed by atoms with Gasteiger partial charge in [-0.05, 0) is 17.7 Å². The van der Waals surface area contributed by atoms with Crippen molar-refractivity contribution < 1.29 is 9.53 Å². The summed E-state index contributed by atoms with van der Waals surface area (Å²) in [6, 6.07) is 6.86. The second kappa shape index (κ2) is 5.81. The predicted octanol–water partition coefficient (Wildman–Crippen LogP) is 0.997. The van der Waals surface area contributed by atoms with Crippen LogP contribution in [0.3, 0.4) is 0 Å². The number of carbonyl (C=O) groups is 1. The zero-order valence-corrected chi connectivity index (χ0v) is 10.5. The normalized spacial score (nSPS) is 9.95. The lowest BCUT2D eigenvalue weighted by atomic mass is 10.2. The lowest BCUT2D eigenvalue weighted by Crippen LogP contribution is -2.24. The Balaban J connectivity index is 1.98. The van der Waals surface area contributed by atoms with Gasteiger partial charge in [0.15, 0.2) is 0 Å². The molecule has 0 aliphatic rings. The van der Waals surface area contributed by atoms with E-state index in [1.807, 2.05) is 6.07 Å². The van der Waals surface area contributed by atoms with E-state index in [2.05, 4.69) is 15.3 Å². The van der Waals surface area contributed by atoms with Crippen LogP contribution < -0.4 is 15.8 Å². The molecule has 0 aliphatic heterocycles. The molecule has 98 valence electrons. The first-order valence-electron chi connectivity index (χ1n) is 5.68. The highest BCUT2D eigenvalue weighted by Crippen LogP contribution is 2.08. The average molecular weight is 258 g/mol. The molecule has 0 aromatic carbocycles. The molecule has 3 N–H and O–H groups in total.